The Bertz CT molecular complexity index is 1470. The van der Waals surface area contributed by atoms with Crippen LogP contribution in [0.2, 0.25) is 5.15 Å². The Morgan fingerprint density at radius 1 is 1.08 bits per heavy atom. The number of primary amides is 2. The minimum Gasteiger partial charge on any atom is -0.494 e. The van der Waals surface area contributed by atoms with Gasteiger partial charge in [-0.1, -0.05) is 17.7 Å². The molecular formula is C24H23ClN8O4. The van der Waals surface area contributed by atoms with E-state index in [0.29, 0.717) is 35.7 Å². The van der Waals surface area contributed by atoms with Crippen LogP contribution in [0.25, 0.3) is 11.3 Å². The Kier molecular flexibility index (Phi) is 7.49. The second kappa shape index (κ2) is 10.9. The first-order valence-corrected chi connectivity index (χ1v) is 11.4. The van der Waals surface area contributed by atoms with Crippen molar-refractivity contribution in [2.24, 2.45) is 18.5 Å². The SMILES string of the molecule is COc1c(Nc2cc(Cl)nnc2C(N)=O)cc(CCc2cccc(OC(N)=O)n2)cc1-c1ccn(C)n1. The van der Waals surface area contributed by atoms with Crippen molar-refractivity contribution in [1.29, 1.82) is 0 Å². The van der Waals surface area contributed by atoms with Crippen molar-refractivity contribution in [3.63, 3.8) is 0 Å². The lowest BCUT2D eigenvalue weighted by Gasteiger charge is -2.17. The number of hydrogen-bond acceptors (Lipinski definition) is 9. The second-order valence-corrected chi connectivity index (χ2v) is 8.29. The molecule has 0 radical (unpaired) electrons. The number of benzene rings is 1. The van der Waals surface area contributed by atoms with Gasteiger partial charge in [0, 0.05) is 36.6 Å². The van der Waals surface area contributed by atoms with Gasteiger partial charge < -0.3 is 26.3 Å². The number of methoxy groups -OCH3 is 1. The Hall–Kier alpha value is -4.71. The van der Waals surface area contributed by atoms with Gasteiger partial charge >= 0.3 is 6.09 Å². The zero-order chi connectivity index (χ0) is 26.5. The van der Waals surface area contributed by atoms with E-state index < -0.39 is 12.0 Å². The summed E-state index contributed by atoms with van der Waals surface area (Å²) in [4.78, 5) is 27.3. The molecule has 190 valence electrons. The Morgan fingerprint density at radius 3 is 2.57 bits per heavy atom. The van der Waals surface area contributed by atoms with Gasteiger partial charge in [-0.05, 0) is 42.7 Å². The monoisotopic (exact) mass is 522 g/mol. The maximum absolute atomic E-state index is 11.9. The van der Waals surface area contributed by atoms with Crippen LogP contribution >= 0.6 is 11.6 Å². The number of pyridine rings is 1. The molecule has 0 fully saturated rings. The fraction of sp³-hybridized carbons (Fsp3) is 0.167. The maximum atomic E-state index is 11.9. The molecule has 0 unspecified atom stereocenters. The van der Waals surface area contributed by atoms with Gasteiger partial charge in [0.1, 0.15) is 0 Å². The van der Waals surface area contributed by atoms with E-state index in [4.69, 9.17) is 32.5 Å². The third-order valence-corrected chi connectivity index (χ3v) is 5.45. The van der Waals surface area contributed by atoms with Crippen LogP contribution in [0.1, 0.15) is 21.7 Å². The summed E-state index contributed by atoms with van der Waals surface area (Å²) in [6, 6.07) is 12.2. The van der Waals surface area contributed by atoms with E-state index in [2.05, 4.69) is 25.6 Å². The van der Waals surface area contributed by atoms with E-state index in [9.17, 15) is 9.59 Å². The van der Waals surface area contributed by atoms with Crippen molar-refractivity contribution < 1.29 is 19.1 Å². The molecule has 3 aromatic heterocycles. The summed E-state index contributed by atoms with van der Waals surface area (Å²) in [6.07, 6.45) is 1.97. The Morgan fingerprint density at radius 2 is 1.89 bits per heavy atom. The molecule has 0 spiro atoms. The van der Waals surface area contributed by atoms with Crippen molar-refractivity contribution in [1.82, 2.24) is 25.0 Å². The number of hydrogen-bond donors (Lipinski definition) is 3. The summed E-state index contributed by atoms with van der Waals surface area (Å²) < 4.78 is 12.3. The molecule has 0 saturated carbocycles. The third-order valence-electron chi connectivity index (χ3n) is 5.27. The predicted octanol–water partition coefficient (Wildman–Crippen LogP) is 3.02. The van der Waals surface area contributed by atoms with Crippen molar-refractivity contribution in [3.05, 3.63) is 70.8 Å². The number of carbonyl (C=O) groups excluding carboxylic acids is 2. The number of halogens is 1. The number of rotatable bonds is 9. The summed E-state index contributed by atoms with van der Waals surface area (Å²) in [6.45, 7) is 0. The van der Waals surface area contributed by atoms with E-state index in [1.807, 2.05) is 37.5 Å². The van der Waals surface area contributed by atoms with E-state index in [0.717, 1.165) is 11.1 Å². The molecule has 5 N–H and O–H groups in total. The number of ether oxygens (including phenoxy) is 2. The first-order chi connectivity index (χ1) is 17.7. The first-order valence-electron chi connectivity index (χ1n) is 11.0. The molecule has 3 heterocycles. The number of aryl methyl sites for hydroxylation is 3. The number of anilines is 2. The summed E-state index contributed by atoms with van der Waals surface area (Å²) >= 11 is 6.03. The molecule has 4 aromatic rings. The van der Waals surface area contributed by atoms with Crippen molar-refractivity contribution >= 4 is 35.0 Å². The number of nitrogens with one attached hydrogen (secondary N) is 1. The van der Waals surface area contributed by atoms with Crippen LogP contribution in [-0.2, 0) is 19.9 Å². The molecule has 37 heavy (non-hydrogen) atoms. The highest BCUT2D eigenvalue weighted by molar-refractivity contribution is 6.29. The molecule has 0 atom stereocenters. The van der Waals surface area contributed by atoms with Crippen LogP contribution in [0.4, 0.5) is 16.2 Å². The van der Waals surface area contributed by atoms with Gasteiger partial charge in [-0.2, -0.15) is 5.10 Å². The van der Waals surface area contributed by atoms with E-state index in [1.165, 1.54) is 13.2 Å². The minimum atomic E-state index is -0.934. The fourth-order valence-electron chi connectivity index (χ4n) is 3.71. The molecule has 2 amide bonds. The van der Waals surface area contributed by atoms with Gasteiger partial charge in [0.15, 0.2) is 16.6 Å². The van der Waals surface area contributed by atoms with E-state index >= 15 is 0 Å². The molecule has 12 nitrogen and oxygen atoms in total. The number of aromatic nitrogens is 5. The van der Waals surface area contributed by atoms with Gasteiger partial charge in [-0.15, -0.1) is 10.2 Å². The van der Waals surface area contributed by atoms with Crippen molar-refractivity contribution in [2.75, 3.05) is 12.4 Å². The highest BCUT2D eigenvalue weighted by Gasteiger charge is 2.19. The molecule has 0 saturated heterocycles. The average Bonchev–Trinajstić information content (AvgIpc) is 3.28. The van der Waals surface area contributed by atoms with E-state index in [-0.39, 0.29) is 22.4 Å². The zero-order valence-electron chi connectivity index (χ0n) is 19.9. The average molecular weight is 523 g/mol. The van der Waals surface area contributed by atoms with Crippen LogP contribution in [0.5, 0.6) is 11.6 Å². The highest BCUT2D eigenvalue weighted by Crippen LogP contribution is 2.39. The summed E-state index contributed by atoms with van der Waals surface area (Å²) in [7, 11) is 3.35. The highest BCUT2D eigenvalue weighted by atomic mass is 35.5. The second-order valence-electron chi connectivity index (χ2n) is 7.91. The molecule has 1 aromatic carbocycles. The van der Waals surface area contributed by atoms with Gasteiger partial charge in [0.25, 0.3) is 5.91 Å². The molecule has 13 heteroatoms. The first kappa shape index (κ1) is 25.4. The zero-order valence-corrected chi connectivity index (χ0v) is 20.7. The third kappa shape index (κ3) is 6.11. The maximum Gasteiger partial charge on any atom is 0.411 e. The van der Waals surface area contributed by atoms with Gasteiger partial charge in [0.05, 0.1) is 24.2 Å². The smallest absolute Gasteiger partial charge is 0.411 e. The number of amides is 2. The minimum absolute atomic E-state index is 0.0771. The fourth-order valence-corrected chi connectivity index (χ4v) is 3.86. The summed E-state index contributed by atoms with van der Waals surface area (Å²) in [5.41, 5.74) is 14.3. The molecule has 0 aliphatic heterocycles. The lowest BCUT2D eigenvalue weighted by Crippen LogP contribution is -2.17. The van der Waals surface area contributed by atoms with Gasteiger partial charge in [-0.3, -0.25) is 9.48 Å². The van der Waals surface area contributed by atoms with Gasteiger partial charge in [-0.25, -0.2) is 9.78 Å². The van der Waals surface area contributed by atoms with Crippen LogP contribution in [0.15, 0.2) is 48.7 Å². The van der Waals surface area contributed by atoms with Crippen LogP contribution in [-0.4, -0.2) is 44.1 Å². The quantitative estimate of drug-likeness (QED) is 0.298. The van der Waals surface area contributed by atoms with E-state index in [1.54, 1.807) is 16.8 Å². The lowest BCUT2D eigenvalue weighted by atomic mass is 10.0. The molecule has 0 aliphatic rings. The summed E-state index contributed by atoms with van der Waals surface area (Å²) in [5, 5.41) is 15.3. The molecule has 0 bridgehead atoms. The molecule has 0 aliphatic carbocycles. The standard InChI is InChI=1S/C24H23ClN8O4/c1-33-9-8-16(32-33)15-10-13(6-7-14-4-3-5-20(28-14)37-24(27)35)11-18(22(15)36-2)29-17-12-19(25)30-31-21(17)23(26)34/h3-5,8-12H,6-7H2,1-2H3,(H2,26,34)(H2,27,35)(H,29,30). The number of nitrogens with zero attached hydrogens (tertiary/aromatic N) is 5. The normalized spacial score (nSPS) is 10.7. The van der Waals surface area contributed by atoms with Crippen LogP contribution in [0, 0.1) is 0 Å². The number of carbonyl (C=O) groups is 2. The van der Waals surface area contributed by atoms with Crippen LogP contribution < -0.4 is 26.3 Å². The Balaban J connectivity index is 1.74. The van der Waals surface area contributed by atoms with Gasteiger partial charge in [0.2, 0.25) is 5.88 Å². The topological polar surface area (TPSA) is 173 Å². The largest absolute Gasteiger partial charge is 0.494 e. The Labute approximate surface area is 216 Å². The van der Waals surface area contributed by atoms with Crippen molar-refractivity contribution in [2.45, 2.75) is 12.8 Å². The lowest BCUT2D eigenvalue weighted by molar-refractivity contribution is 0.0995. The summed E-state index contributed by atoms with van der Waals surface area (Å²) in [5.74, 6) is -0.158. The molecule has 4 rings (SSSR count). The van der Waals surface area contributed by atoms with Crippen LogP contribution in [0.3, 0.4) is 0 Å². The molecular weight excluding hydrogens is 500 g/mol. The predicted molar refractivity (Wildman–Crippen MR) is 136 cm³/mol. The van der Waals surface area contributed by atoms with Crippen molar-refractivity contribution in [3.8, 4) is 22.9 Å². The number of nitrogens with two attached hydrogens (primary N) is 2.